The van der Waals surface area contributed by atoms with Crippen molar-refractivity contribution in [2.75, 3.05) is 18.0 Å². The molecular weight excluding hydrogens is 198 g/mol. The van der Waals surface area contributed by atoms with Gasteiger partial charge in [0.05, 0.1) is 0 Å². The summed E-state index contributed by atoms with van der Waals surface area (Å²) in [5, 5.41) is 0. The first kappa shape index (κ1) is 11.4. The first-order valence-electron chi connectivity index (χ1n) is 6.09. The van der Waals surface area contributed by atoms with Crippen molar-refractivity contribution in [2.45, 2.75) is 32.7 Å². The van der Waals surface area contributed by atoms with E-state index in [9.17, 15) is 0 Å². The largest absolute Gasteiger partial charge is 0.371 e. The predicted molar refractivity (Wildman–Crippen MR) is 67.6 cm³/mol. The zero-order valence-corrected chi connectivity index (χ0v) is 10.2. The van der Waals surface area contributed by atoms with Crippen LogP contribution in [-0.4, -0.2) is 24.1 Å². The summed E-state index contributed by atoms with van der Waals surface area (Å²) in [7, 11) is 0. The van der Waals surface area contributed by atoms with Crippen molar-refractivity contribution in [1.29, 1.82) is 0 Å². The molecule has 2 N–H and O–H groups in total. The minimum absolute atomic E-state index is 0.334. The monoisotopic (exact) mass is 219 g/mol. The summed E-state index contributed by atoms with van der Waals surface area (Å²) < 4.78 is 0. The molecule has 0 bridgehead atoms. The van der Waals surface area contributed by atoms with Crippen molar-refractivity contribution >= 4 is 5.69 Å². The van der Waals surface area contributed by atoms with Crippen LogP contribution in [0.15, 0.2) is 18.5 Å². The van der Waals surface area contributed by atoms with Crippen molar-refractivity contribution in [3.63, 3.8) is 0 Å². The van der Waals surface area contributed by atoms with Gasteiger partial charge in [-0.3, -0.25) is 4.98 Å². The molecule has 3 nitrogen and oxygen atoms in total. The number of nitrogens with zero attached hydrogens (tertiary/aromatic N) is 2. The summed E-state index contributed by atoms with van der Waals surface area (Å²) in [6, 6.07) is 2.45. The highest BCUT2D eigenvalue weighted by Crippen LogP contribution is 2.26. The third-order valence-corrected chi connectivity index (χ3v) is 3.61. The SMILES string of the molecule is Cc1cnccc1N1CCC(C(C)N)CC1. The van der Waals surface area contributed by atoms with E-state index < -0.39 is 0 Å². The molecule has 88 valence electrons. The van der Waals surface area contributed by atoms with Crippen LogP contribution in [-0.2, 0) is 0 Å². The molecule has 0 amide bonds. The second-order valence-electron chi connectivity index (χ2n) is 4.85. The van der Waals surface area contributed by atoms with Crippen molar-refractivity contribution in [1.82, 2.24) is 4.98 Å². The van der Waals surface area contributed by atoms with Gasteiger partial charge in [0.1, 0.15) is 0 Å². The Balaban J connectivity index is 2.02. The Morgan fingerprint density at radius 2 is 2.12 bits per heavy atom. The second-order valence-corrected chi connectivity index (χ2v) is 4.85. The summed E-state index contributed by atoms with van der Waals surface area (Å²) in [6.45, 7) is 6.49. The maximum Gasteiger partial charge on any atom is 0.0426 e. The molecule has 2 rings (SSSR count). The number of rotatable bonds is 2. The van der Waals surface area contributed by atoms with Crippen LogP contribution in [0.1, 0.15) is 25.3 Å². The molecule has 0 spiro atoms. The summed E-state index contributed by atoms with van der Waals surface area (Å²) in [5.74, 6) is 0.693. The highest BCUT2D eigenvalue weighted by molar-refractivity contribution is 5.51. The lowest BCUT2D eigenvalue weighted by Crippen LogP contribution is -2.39. The number of aryl methyl sites for hydroxylation is 1. The molecule has 0 radical (unpaired) electrons. The van der Waals surface area contributed by atoms with Crippen molar-refractivity contribution in [2.24, 2.45) is 11.7 Å². The Labute approximate surface area is 97.7 Å². The number of nitrogens with two attached hydrogens (primary N) is 1. The molecule has 3 heteroatoms. The summed E-state index contributed by atoms with van der Waals surface area (Å²) >= 11 is 0. The zero-order valence-electron chi connectivity index (χ0n) is 10.2. The van der Waals surface area contributed by atoms with Crippen molar-refractivity contribution in [3.05, 3.63) is 24.0 Å². The zero-order chi connectivity index (χ0) is 11.5. The fourth-order valence-electron chi connectivity index (χ4n) is 2.49. The van der Waals surface area contributed by atoms with E-state index in [1.807, 2.05) is 12.4 Å². The van der Waals surface area contributed by atoms with Gasteiger partial charge in [-0.15, -0.1) is 0 Å². The molecule has 0 aliphatic carbocycles. The van der Waals surface area contributed by atoms with Gasteiger partial charge in [-0.2, -0.15) is 0 Å². The van der Waals surface area contributed by atoms with Gasteiger partial charge in [-0.05, 0) is 44.2 Å². The number of aromatic nitrogens is 1. The summed E-state index contributed by atoms with van der Waals surface area (Å²) in [4.78, 5) is 6.59. The Morgan fingerprint density at radius 3 is 2.69 bits per heavy atom. The molecule has 1 aromatic rings. The molecular formula is C13H21N3. The van der Waals surface area contributed by atoms with Crippen molar-refractivity contribution in [3.8, 4) is 0 Å². The van der Waals surface area contributed by atoms with Crippen LogP contribution in [0.25, 0.3) is 0 Å². The fourth-order valence-corrected chi connectivity index (χ4v) is 2.49. The number of pyridine rings is 1. The fraction of sp³-hybridized carbons (Fsp3) is 0.615. The van der Waals surface area contributed by atoms with Crippen LogP contribution in [0, 0.1) is 12.8 Å². The predicted octanol–water partition coefficient (Wildman–Crippen LogP) is 1.95. The van der Waals surface area contributed by atoms with Gasteiger partial charge in [0.15, 0.2) is 0 Å². The smallest absolute Gasteiger partial charge is 0.0426 e. The lowest BCUT2D eigenvalue weighted by molar-refractivity contribution is 0.354. The molecule has 16 heavy (non-hydrogen) atoms. The molecule has 0 saturated carbocycles. The minimum atomic E-state index is 0.334. The highest BCUT2D eigenvalue weighted by Gasteiger charge is 2.22. The average molecular weight is 219 g/mol. The van der Waals surface area contributed by atoms with Crippen LogP contribution in [0.5, 0.6) is 0 Å². The molecule has 1 fully saturated rings. The van der Waals surface area contributed by atoms with Gasteiger partial charge in [0, 0.05) is 37.2 Å². The molecule has 1 saturated heterocycles. The molecule has 1 aliphatic heterocycles. The van der Waals surface area contributed by atoms with Gasteiger partial charge in [0.2, 0.25) is 0 Å². The molecule has 2 heterocycles. The standard InChI is InChI=1S/C13H21N3/c1-10-9-15-6-3-13(10)16-7-4-12(5-8-16)11(2)14/h3,6,9,11-12H,4-5,7-8,14H2,1-2H3. The van der Waals surface area contributed by atoms with Gasteiger partial charge in [-0.1, -0.05) is 0 Å². The third-order valence-electron chi connectivity index (χ3n) is 3.61. The van der Waals surface area contributed by atoms with E-state index in [1.54, 1.807) is 0 Å². The third kappa shape index (κ3) is 2.35. The van der Waals surface area contributed by atoms with E-state index in [0.717, 1.165) is 13.1 Å². The van der Waals surface area contributed by atoms with E-state index in [0.29, 0.717) is 12.0 Å². The highest BCUT2D eigenvalue weighted by atomic mass is 15.1. The van der Waals surface area contributed by atoms with Crippen LogP contribution in [0.2, 0.25) is 0 Å². The maximum absolute atomic E-state index is 5.95. The van der Waals surface area contributed by atoms with Crippen LogP contribution in [0.4, 0.5) is 5.69 Å². The number of piperidine rings is 1. The lowest BCUT2D eigenvalue weighted by Gasteiger charge is -2.35. The number of anilines is 1. The minimum Gasteiger partial charge on any atom is -0.371 e. The van der Waals surface area contributed by atoms with Crippen LogP contribution >= 0.6 is 0 Å². The summed E-state index contributed by atoms with van der Waals surface area (Å²) in [6.07, 6.45) is 6.23. The second kappa shape index (κ2) is 4.83. The normalized spacial score (nSPS) is 19.8. The van der Waals surface area contributed by atoms with E-state index in [-0.39, 0.29) is 0 Å². The quantitative estimate of drug-likeness (QED) is 0.826. The van der Waals surface area contributed by atoms with Crippen LogP contribution < -0.4 is 10.6 Å². The Bertz CT molecular complexity index is 341. The van der Waals surface area contributed by atoms with Gasteiger partial charge < -0.3 is 10.6 Å². The molecule has 1 unspecified atom stereocenters. The van der Waals surface area contributed by atoms with Gasteiger partial charge in [-0.25, -0.2) is 0 Å². The van der Waals surface area contributed by atoms with E-state index in [4.69, 9.17) is 5.73 Å². The molecule has 1 aliphatic rings. The first-order chi connectivity index (χ1) is 7.68. The Morgan fingerprint density at radius 1 is 1.44 bits per heavy atom. The number of hydrogen-bond donors (Lipinski definition) is 1. The van der Waals surface area contributed by atoms with E-state index >= 15 is 0 Å². The first-order valence-corrected chi connectivity index (χ1v) is 6.09. The Hall–Kier alpha value is -1.09. The Kier molecular flexibility index (Phi) is 3.44. The van der Waals surface area contributed by atoms with Gasteiger partial charge in [0.25, 0.3) is 0 Å². The average Bonchev–Trinajstić information content (AvgIpc) is 2.30. The summed E-state index contributed by atoms with van der Waals surface area (Å²) in [5.41, 5.74) is 8.55. The molecule has 1 atom stereocenters. The van der Waals surface area contributed by atoms with E-state index in [1.165, 1.54) is 24.1 Å². The van der Waals surface area contributed by atoms with Gasteiger partial charge >= 0.3 is 0 Å². The number of hydrogen-bond acceptors (Lipinski definition) is 3. The van der Waals surface area contributed by atoms with Crippen molar-refractivity contribution < 1.29 is 0 Å². The topological polar surface area (TPSA) is 42.2 Å². The lowest BCUT2D eigenvalue weighted by atomic mass is 9.90. The molecule has 0 aromatic carbocycles. The van der Waals surface area contributed by atoms with Crippen LogP contribution in [0.3, 0.4) is 0 Å². The maximum atomic E-state index is 5.95. The van der Waals surface area contributed by atoms with E-state index in [2.05, 4.69) is 29.8 Å². The molecule has 1 aromatic heterocycles.